The lowest BCUT2D eigenvalue weighted by Crippen LogP contribution is -2.52. The number of fused-ring (bicyclic) bond motifs is 1. The Labute approximate surface area is 165 Å². The summed E-state index contributed by atoms with van der Waals surface area (Å²) in [4.78, 5) is 16.9. The number of alkyl halides is 3. The molecule has 1 unspecified atom stereocenters. The third-order valence-electron chi connectivity index (χ3n) is 3.66. The van der Waals surface area contributed by atoms with Crippen molar-refractivity contribution >= 4 is 56.5 Å². The van der Waals surface area contributed by atoms with Crippen molar-refractivity contribution in [3.05, 3.63) is 47.5 Å². The fraction of sp³-hybridized carbons (Fsp3) is 0.176. The smallest absolute Gasteiger partial charge is 0.373 e. The van der Waals surface area contributed by atoms with Gasteiger partial charge in [0.2, 0.25) is 5.60 Å². The molecule has 2 aromatic carbocycles. The number of aromatic nitrogens is 1. The highest BCUT2D eigenvalue weighted by Crippen LogP contribution is 2.37. The normalized spacial score (nSPS) is 14.1. The molecule has 0 saturated heterocycles. The molecule has 1 atom stereocenters. The Hall–Kier alpha value is -1.81. The van der Waals surface area contributed by atoms with E-state index < -0.39 is 17.7 Å². The van der Waals surface area contributed by atoms with Gasteiger partial charge in [-0.2, -0.15) is 13.2 Å². The number of halogens is 4. The number of hydrogen-bond donors (Lipinski definition) is 2. The molecule has 1 heterocycles. The van der Waals surface area contributed by atoms with Gasteiger partial charge in [0, 0.05) is 4.90 Å². The van der Waals surface area contributed by atoms with Gasteiger partial charge in [-0.05, 0) is 37.3 Å². The molecule has 0 radical (unpaired) electrons. The summed E-state index contributed by atoms with van der Waals surface area (Å²) >= 11 is 8.92. The number of carbonyl (C=O) groups is 1. The first-order valence-corrected chi connectivity index (χ1v) is 9.52. The Kier molecular flexibility index (Phi) is 5.40. The second-order valence-corrected chi connectivity index (χ2v) is 8.47. The molecule has 1 aromatic heterocycles. The first-order valence-electron chi connectivity index (χ1n) is 7.51. The van der Waals surface area contributed by atoms with Gasteiger partial charge in [-0.1, -0.05) is 35.5 Å². The maximum Gasteiger partial charge on any atom is 0.426 e. The summed E-state index contributed by atoms with van der Waals surface area (Å²) < 4.78 is 40.0. The van der Waals surface area contributed by atoms with Crippen molar-refractivity contribution in [3.63, 3.8) is 0 Å². The number of nitrogens with one attached hydrogen (secondary N) is 1. The van der Waals surface area contributed by atoms with Crippen LogP contribution in [0.15, 0.2) is 51.7 Å². The Morgan fingerprint density at radius 3 is 2.59 bits per heavy atom. The van der Waals surface area contributed by atoms with Crippen LogP contribution in [0.2, 0.25) is 5.02 Å². The molecule has 0 aliphatic heterocycles. The molecule has 10 heteroatoms. The van der Waals surface area contributed by atoms with Crippen LogP contribution in [0, 0.1) is 0 Å². The van der Waals surface area contributed by atoms with Crippen molar-refractivity contribution in [3.8, 4) is 0 Å². The molecule has 2 N–H and O–H groups in total. The van der Waals surface area contributed by atoms with Gasteiger partial charge in [0.05, 0.1) is 20.9 Å². The zero-order chi connectivity index (χ0) is 19.8. The molecule has 0 fully saturated rings. The van der Waals surface area contributed by atoms with Gasteiger partial charge in [0.15, 0.2) is 4.34 Å². The molecule has 0 aliphatic carbocycles. The van der Waals surface area contributed by atoms with E-state index in [4.69, 9.17) is 11.6 Å². The molecule has 3 aromatic rings. The lowest BCUT2D eigenvalue weighted by atomic mass is 10.1. The minimum Gasteiger partial charge on any atom is -0.373 e. The minimum absolute atomic E-state index is 0.0279. The number of aliphatic hydroxyl groups is 1. The number of hydrogen-bond acceptors (Lipinski definition) is 5. The zero-order valence-electron chi connectivity index (χ0n) is 13.7. The van der Waals surface area contributed by atoms with Crippen LogP contribution in [0.25, 0.3) is 10.2 Å². The van der Waals surface area contributed by atoms with Crippen LogP contribution < -0.4 is 5.32 Å². The quantitative estimate of drug-likeness (QED) is 0.583. The molecule has 0 spiro atoms. The highest BCUT2D eigenvalue weighted by atomic mass is 35.5. The number of anilines is 1. The minimum atomic E-state index is -5.10. The third kappa shape index (κ3) is 4.21. The summed E-state index contributed by atoms with van der Waals surface area (Å²) in [6, 6.07) is 12.1. The van der Waals surface area contributed by atoms with Crippen LogP contribution in [0.5, 0.6) is 0 Å². The molecular weight excluding hydrogens is 421 g/mol. The topological polar surface area (TPSA) is 62.2 Å². The fourth-order valence-corrected chi connectivity index (χ4v) is 4.40. The summed E-state index contributed by atoms with van der Waals surface area (Å²) in [5, 5.41) is 11.5. The van der Waals surface area contributed by atoms with Crippen molar-refractivity contribution < 1.29 is 23.1 Å². The number of rotatable bonds is 4. The van der Waals surface area contributed by atoms with Crippen LogP contribution in [0.1, 0.15) is 6.92 Å². The maximum absolute atomic E-state index is 12.7. The standard InChI is InChI=1S/C17H12ClF3N2O2S2/c1-16(25,17(19,20)21)14(24)22-11-7-6-9(8-10(11)18)26-15-23-12-4-2-3-5-13(12)27-15/h2-8,25H,1H3,(H,22,24). The fourth-order valence-electron chi connectivity index (χ4n) is 2.03. The van der Waals surface area contributed by atoms with Gasteiger partial charge in [-0.15, -0.1) is 11.3 Å². The molecule has 4 nitrogen and oxygen atoms in total. The molecule has 142 valence electrons. The monoisotopic (exact) mass is 432 g/mol. The Morgan fingerprint density at radius 1 is 1.26 bits per heavy atom. The second kappa shape index (κ2) is 7.31. The highest BCUT2D eigenvalue weighted by Gasteiger charge is 2.55. The van der Waals surface area contributed by atoms with Crippen LogP contribution in [0.4, 0.5) is 18.9 Å². The van der Waals surface area contributed by atoms with E-state index in [1.54, 1.807) is 6.07 Å². The van der Waals surface area contributed by atoms with Crippen molar-refractivity contribution in [1.82, 2.24) is 4.98 Å². The molecule has 0 bridgehead atoms. The number of amides is 1. The lowest BCUT2D eigenvalue weighted by molar-refractivity contribution is -0.242. The maximum atomic E-state index is 12.7. The highest BCUT2D eigenvalue weighted by molar-refractivity contribution is 8.01. The SMILES string of the molecule is CC(O)(C(=O)Nc1ccc(Sc2nc3ccccc3s2)cc1Cl)C(F)(F)F. The lowest BCUT2D eigenvalue weighted by Gasteiger charge is -2.25. The number of benzene rings is 2. The molecule has 1 amide bonds. The Morgan fingerprint density at radius 2 is 1.96 bits per heavy atom. The molecule has 0 aliphatic rings. The van der Waals surface area contributed by atoms with E-state index in [1.165, 1.54) is 35.2 Å². The van der Waals surface area contributed by atoms with E-state index >= 15 is 0 Å². The number of carbonyl (C=O) groups excluding carboxylic acids is 1. The third-order valence-corrected chi connectivity index (χ3v) is 6.06. The van der Waals surface area contributed by atoms with Gasteiger partial charge in [-0.25, -0.2) is 4.98 Å². The van der Waals surface area contributed by atoms with Gasteiger partial charge < -0.3 is 10.4 Å². The van der Waals surface area contributed by atoms with Crippen LogP contribution >= 0.6 is 34.7 Å². The Balaban J connectivity index is 1.76. The van der Waals surface area contributed by atoms with Crippen LogP contribution in [0.3, 0.4) is 0 Å². The average Bonchev–Trinajstić information content (AvgIpc) is 2.98. The largest absolute Gasteiger partial charge is 0.426 e. The summed E-state index contributed by atoms with van der Waals surface area (Å²) in [6.45, 7) is 0.383. The molecule has 0 saturated carbocycles. The van der Waals surface area contributed by atoms with Gasteiger partial charge >= 0.3 is 6.18 Å². The molecule has 27 heavy (non-hydrogen) atoms. The number of thiazole rings is 1. The predicted octanol–water partition coefficient (Wildman–Crippen LogP) is 5.35. The van der Waals surface area contributed by atoms with Gasteiger partial charge in [-0.3, -0.25) is 4.79 Å². The first kappa shape index (κ1) is 19.9. The summed E-state index contributed by atoms with van der Waals surface area (Å²) in [6.07, 6.45) is -5.10. The van der Waals surface area contributed by atoms with Crippen molar-refractivity contribution in [2.24, 2.45) is 0 Å². The number of nitrogens with zero attached hydrogens (tertiary/aromatic N) is 1. The molecule has 3 rings (SSSR count). The zero-order valence-corrected chi connectivity index (χ0v) is 16.1. The van der Waals surface area contributed by atoms with Crippen molar-refractivity contribution in [2.75, 3.05) is 5.32 Å². The predicted molar refractivity (Wildman–Crippen MR) is 101 cm³/mol. The first-order chi connectivity index (χ1) is 12.6. The van der Waals surface area contributed by atoms with Crippen LogP contribution in [-0.4, -0.2) is 27.8 Å². The van der Waals surface area contributed by atoms with Gasteiger partial charge in [0.1, 0.15) is 0 Å². The summed E-state index contributed by atoms with van der Waals surface area (Å²) in [5.74, 6) is -1.61. The second-order valence-electron chi connectivity index (χ2n) is 5.72. The van der Waals surface area contributed by atoms with E-state index in [-0.39, 0.29) is 10.7 Å². The van der Waals surface area contributed by atoms with E-state index in [2.05, 4.69) is 4.98 Å². The van der Waals surface area contributed by atoms with Gasteiger partial charge in [0.25, 0.3) is 5.91 Å². The average molecular weight is 433 g/mol. The Bertz CT molecular complexity index is 972. The van der Waals surface area contributed by atoms with E-state index in [0.717, 1.165) is 14.6 Å². The number of para-hydroxylation sites is 1. The van der Waals surface area contributed by atoms with E-state index in [9.17, 15) is 23.1 Å². The summed E-state index contributed by atoms with van der Waals surface area (Å²) in [7, 11) is 0. The van der Waals surface area contributed by atoms with Crippen molar-refractivity contribution in [1.29, 1.82) is 0 Å². The van der Waals surface area contributed by atoms with Crippen molar-refractivity contribution in [2.45, 2.75) is 27.9 Å². The van der Waals surface area contributed by atoms with Crippen LogP contribution in [-0.2, 0) is 4.79 Å². The summed E-state index contributed by atoms with van der Waals surface area (Å²) in [5.41, 5.74) is -2.68. The van der Waals surface area contributed by atoms with E-state index in [1.807, 2.05) is 29.6 Å². The van der Waals surface area contributed by atoms with E-state index in [0.29, 0.717) is 11.8 Å². The molecular formula is C17H12ClF3N2O2S2.